The number of carbonyl (C=O) groups excluding carboxylic acids is 1. The summed E-state index contributed by atoms with van der Waals surface area (Å²) in [6.07, 6.45) is 3.87. The fourth-order valence-electron chi connectivity index (χ4n) is 3.41. The quantitative estimate of drug-likeness (QED) is 0.575. The summed E-state index contributed by atoms with van der Waals surface area (Å²) < 4.78 is 7.13. The number of fused-ring (bicyclic) bond motifs is 2. The van der Waals surface area contributed by atoms with Crippen LogP contribution in [0.4, 0.5) is 0 Å². The molecule has 0 aliphatic carbocycles. The predicted octanol–water partition coefficient (Wildman–Crippen LogP) is 4.79. The first-order valence-electron chi connectivity index (χ1n) is 9.17. The van der Waals surface area contributed by atoms with E-state index in [-0.39, 0.29) is 12.2 Å². The molecule has 1 aromatic heterocycles. The normalized spacial score (nSPS) is 13.8. The molecule has 3 aromatic rings. The first-order chi connectivity index (χ1) is 13.5. The van der Waals surface area contributed by atoms with Crippen molar-refractivity contribution in [3.8, 4) is 0 Å². The second-order valence-electron chi connectivity index (χ2n) is 6.85. The molecular formula is C21H18Cl2N2O3. The van der Waals surface area contributed by atoms with Crippen LogP contribution in [0.25, 0.3) is 10.9 Å². The molecule has 1 aliphatic heterocycles. The fourth-order valence-corrected chi connectivity index (χ4v) is 3.73. The van der Waals surface area contributed by atoms with Crippen molar-refractivity contribution in [3.05, 3.63) is 73.7 Å². The number of ether oxygens (including phenoxy) is 1. The highest BCUT2D eigenvalue weighted by molar-refractivity contribution is 6.42. The standard InChI is InChI=1S/C21H18Cl2N2O3/c22-16-8-5-13(10-17(16)23)12-28-21(27)14-6-7-15-18(11-14)24-19-4-2-1-3-9-25(19)20(15)26/h5-8,10-11H,1-4,9,12H2. The highest BCUT2D eigenvalue weighted by Crippen LogP contribution is 2.23. The number of nitrogens with zero attached hydrogens (tertiary/aromatic N) is 2. The van der Waals surface area contributed by atoms with E-state index < -0.39 is 5.97 Å². The van der Waals surface area contributed by atoms with Crippen molar-refractivity contribution < 1.29 is 9.53 Å². The van der Waals surface area contributed by atoms with Gasteiger partial charge in [0.1, 0.15) is 12.4 Å². The highest BCUT2D eigenvalue weighted by atomic mass is 35.5. The zero-order chi connectivity index (χ0) is 19.7. The van der Waals surface area contributed by atoms with Gasteiger partial charge in [-0.25, -0.2) is 9.78 Å². The summed E-state index contributed by atoms with van der Waals surface area (Å²) in [7, 11) is 0. The van der Waals surface area contributed by atoms with Crippen molar-refractivity contribution in [2.75, 3.05) is 0 Å². The van der Waals surface area contributed by atoms with Gasteiger partial charge >= 0.3 is 5.97 Å². The third-order valence-corrected chi connectivity index (χ3v) is 5.65. The largest absolute Gasteiger partial charge is 0.457 e. The zero-order valence-corrected chi connectivity index (χ0v) is 16.6. The van der Waals surface area contributed by atoms with Gasteiger partial charge in [0.25, 0.3) is 5.56 Å². The maximum Gasteiger partial charge on any atom is 0.338 e. The summed E-state index contributed by atoms with van der Waals surface area (Å²) >= 11 is 11.9. The van der Waals surface area contributed by atoms with Gasteiger partial charge in [-0.2, -0.15) is 0 Å². The SMILES string of the molecule is O=C(OCc1ccc(Cl)c(Cl)c1)c1ccc2c(=O)n3c(nc2c1)CCCCC3. The van der Waals surface area contributed by atoms with E-state index in [0.717, 1.165) is 37.1 Å². The lowest BCUT2D eigenvalue weighted by molar-refractivity contribution is 0.0473. The molecule has 0 radical (unpaired) electrons. The molecular weight excluding hydrogens is 399 g/mol. The molecule has 4 rings (SSSR count). The van der Waals surface area contributed by atoms with Crippen molar-refractivity contribution >= 4 is 40.1 Å². The Morgan fingerprint density at radius 2 is 1.93 bits per heavy atom. The zero-order valence-electron chi connectivity index (χ0n) is 15.1. The van der Waals surface area contributed by atoms with Gasteiger partial charge in [-0.15, -0.1) is 0 Å². The lowest BCUT2D eigenvalue weighted by Crippen LogP contribution is -2.24. The summed E-state index contributed by atoms with van der Waals surface area (Å²) in [5, 5.41) is 1.38. The number of carbonyl (C=O) groups is 1. The Bertz CT molecular complexity index is 1120. The first kappa shape index (κ1) is 19.0. The molecule has 2 heterocycles. The molecule has 0 saturated heterocycles. The van der Waals surface area contributed by atoms with E-state index in [1.165, 1.54) is 0 Å². The third kappa shape index (κ3) is 3.77. The Balaban J connectivity index is 1.59. The Morgan fingerprint density at radius 3 is 2.75 bits per heavy atom. The van der Waals surface area contributed by atoms with Gasteiger partial charge in [-0.3, -0.25) is 9.36 Å². The molecule has 2 aromatic carbocycles. The predicted molar refractivity (Wildman–Crippen MR) is 109 cm³/mol. The van der Waals surface area contributed by atoms with Crippen LogP contribution in [0.3, 0.4) is 0 Å². The molecule has 0 atom stereocenters. The van der Waals surface area contributed by atoms with E-state index in [2.05, 4.69) is 4.98 Å². The van der Waals surface area contributed by atoms with E-state index in [0.29, 0.717) is 33.1 Å². The number of aryl methyl sites for hydroxylation is 1. The van der Waals surface area contributed by atoms with Crippen LogP contribution < -0.4 is 5.56 Å². The molecule has 0 unspecified atom stereocenters. The van der Waals surface area contributed by atoms with E-state index >= 15 is 0 Å². The van der Waals surface area contributed by atoms with E-state index in [9.17, 15) is 9.59 Å². The van der Waals surface area contributed by atoms with Crippen molar-refractivity contribution in [2.45, 2.75) is 38.8 Å². The average Bonchev–Trinajstić information content (AvgIpc) is 2.94. The minimum absolute atomic E-state index is 0.0439. The lowest BCUT2D eigenvalue weighted by atomic mass is 10.1. The molecule has 1 aliphatic rings. The Morgan fingerprint density at radius 1 is 1.07 bits per heavy atom. The van der Waals surface area contributed by atoms with Crippen molar-refractivity contribution in [3.63, 3.8) is 0 Å². The first-order valence-corrected chi connectivity index (χ1v) is 9.93. The minimum Gasteiger partial charge on any atom is -0.457 e. The van der Waals surface area contributed by atoms with E-state index in [1.54, 1.807) is 41.0 Å². The summed E-state index contributed by atoms with van der Waals surface area (Å²) in [5.74, 6) is 0.307. The van der Waals surface area contributed by atoms with Crippen LogP contribution in [0.2, 0.25) is 10.0 Å². The maximum absolute atomic E-state index is 12.8. The topological polar surface area (TPSA) is 61.2 Å². The van der Waals surface area contributed by atoms with Crippen LogP contribution >= 0.6 is 23.2 Å². The number of esters is 1. The van der Waals surface area contributed by atoms with Crippen molar-refractivity contribution in [1.29, 1.82) is 0 Å². The molecule has 28 heavy (non-hydrogen) atoms. The highest BCUT2D eigenvalue weighted by Gasteiger charge is 2.16. The van der Waals surface area contributed by atoms with Crippen LogP contribution in [0.1, 0.15) is 41.0 Å². The Kier molecular flexibility index (Phi) is 5.38. The van der Waals surface area contributed by atoms with Gasteiger partial charge in [0.2, 0.25) is 0 Å². The van der Waals surface area contributed by atoms with Crippen LogP contribution in [-0.4, -0.2) is 15.5 Å². The van der Waals surface area contributed by atoms with Gasteiger partial charge in [0.05, 0.1) is 26.5 Å². The molecule has 0 fully saturated rings. The van der Waals surface area contributed by atoms with Gasteiger partial charge < -0.3 is 4.74 Å². The van der Waals surface area contributed by atoms with E-state index in [4.69, 9.17) is 27.9 Å². The molecule has 0 saturated carbocycles. The average molecular weight is 417 g/mol. The Labute approximate surface area is 171 Å². The summed E-state index contributed by atoms with van der Waals surface area (Å²) in [5.41, 5.74) is 1.59. The summed E-state index contributed by atoms with van der Waals surface area (Å²) in [6.45, 7) is 0.776. The van der Waals surface area contributed by atoms with Crippen molar-refractivity contribution in [2.24, 2.45) is 0 Å². The van der Waals surface area contributed by atoms with Crippen LogP contribution in [0.5, 0.6) is 0 Å². The Hall–Kier alpha value is -2.37. The van der Waals surface area contributed by atoms with Gasteiger partial charge in [-0.1, -0.05) is 35.7 Å². The maximum atomic E-state index is 12.8. The molecule has 144 valence electrons. The van der Waals surface area contributed by atoms with Gasteiger partial charge in [0, 0.05) is 13.0 Å². The van der Waals surface area contributed by atoms with Crippen molar-refractivity contribution in [1.82, 2.24) is 9.55 Å². The number of halogens is 2. The van der Waals surface area contributed by atoms with Crippen LogP contribution in [-0.2, 0) is 24.3 Å². The summed E-state index contributed by atoms with van der Waals surface area (Å²) in [6, 6.07) is 9.95. The van der Waals surface area contributed by atoms with Gasteiger partial charge in [-0.05, 0) is 48.7 Å². The molecule has 0 N–H and O–H groups in total. The summed E-state index contributed by atoms with van der Waals surface area (Å²) in [4.78, 5) is 29.9. The number of rotatable bonds is 3. The second-order valence-corrected chi connectivity index (χ2v) is 7.67. The fraction of sp³-hybridized carbons (Fsp3) is 0.286. The third-order valence-electron chi connectivity index (χ3n) is 4.91. The number of hydrogen-bond donors (Lipinski definition) is 0. The smallest absolute Gasteiger partial charge is 0.338 e. The number of benzene rings is 2. The molecule has 7 heteroatoms. The molecule has 0 amide bonds. The van der Waals surface area contributed by atoms with Crippen LogP contribution in [0.15, 0.2) is 41.2 Å². The van der Waals surface area contributed by atoms with Crippen LogP contribution in [0, 0.1) is 0 Å². The lowest BCUT2D eigenvalue weighted by Gasteiger charge is -2.11. The van der Waals surface area contributed by atoms with Gasteiger partial charge in [0.15, 0.2) is 0 Å². The monoisotopic (exact) mass is 416 g/mol. The van der Waals surface area contributed by atoms with E-state index in [1.807, 2.05) is 0 Å². The molecule has 0 spiro atoms. The second kappa shape index (κ2) is 7.94. The molecule has 5 nitrogen and oxygen atoms in total. The number of hydrogen-bond acceptors (Lipinski definition) is 4. The minimum atomic E-state index is -0.482. The number of aromatic nitrogens is 2. The molecule has 0 bridgehead atoms.